The highest BCUT2D eigenvalue weighted by Gasteiger charge is 2.25. The number of nitrogens with one attached hydrogen (secondary N) is 2. The third kappa shape index (κ3) is 5.20. The summed E-state index contributed by atoms with van der Waals surface area (Å²) in [5, 5.41) is 6.14. The molecule has 1 aliphatic carbocycles. The van der Waals surface area contributed by atoms with Gasteiger partial charge in [-0.1, -0.05) is 12.1 Å². The van der Waals surface area contributed by atoms with Crippen LogP contribution in [0.2, 0.25) is 0 Å². The van der Waals surface area contributed by atoms with Crippen LogP contribution in [0.4, 0.5) is 14.9 Å². The lowest BCUT2D eigenvalue weighted by atomic mass is 9.91. The fourth-order valence-electron chi connectivity index (χ4n) is 2.72. The molecule has 0 aromatic heterocycles. The first-order chi connectivity index (χ1) is 10.3. The molecule has 1 aromatic rings. The third-order valence-corrected chi connectivity index (χ3v) is 3.63. The molecule has 1 fully saturated rings. The van der Waals surface area contributed by atoms with Crippen LogP contribution in [-0.2, 0) is 4.74 Å². The summed E-state index contributed by atoms with van der Waals surface area (Å²) in [5.41, 5.74) is 0.0224. The van der Waals surface area contributed by atoms with Crippen molar-refractivity contribution < 1.29 is 13.9 Å². The molecular formula is C17H25FN2O2. The Morgan fingerprint density at radius 1 is 1.23 bits per heavy atom. The molecule has 22 heavy (non-hydrogen) atoms. The number of ether oxygens (including phenoxy) is 1. The molecule has 1 saturated carbocycles. The minimum Gasteiger partial charge on any atom is -0.444 e. The minimum absolute atomic E-state index is 0.0628. The highest BCUT2D eigenvalue weighted by molar-refractivity contribution is 5.68. The monoisotopic (exact) mass is 308 g/mol. The van der Waals surface area contributed by atoms with Gasteiger partial charge in [-0.2, -0.15) is 0 Å². The molecule has 0 aliphatic heterocycles. The van der Waals surface area contributed by atoms with Gasteiger partial charge >= 0.3 is 6.09 Å². The van der Waals surface area contributed by atoms with E-state index in [0.29, 0.717) is 5.69 Å². The molecular weight excluding hydrogens is 283 g/mol. The molecule has 1 amide bonds. The second-order valence-electron chi connectivity index (χ2n) is 6.83. The highest BCUT2D eigenvalue weighted by Crippen LogP contribution is 2.24. The van der Waals surface area contributed by atoms with Crippen LogP contribution in [0.3, 0.4) is 0 Å². The maximum Gasteiger partial charge on any atom is 0.407 e. The predicted octanol–water partition coefficient (Wildman–Crippen LogP) is 4.07. The Hall–Kier alpha value is -1.78. The molecule has 2 rings (SSSR count). The van der Waals surface area contributed by atoms with E-state index in [9.17, 15) is 9.18 Å². The lowest BCUT2D eigenvalue weighted by molar-refractivity contribution is 0.0492. The Morgan fingerprint density at radius 3 is 2.59 bits per heavy atom. The van der Waals surface area contributed by atoms with Crippen molar-refractivity contribution in [2.75, 3.05) is 5.32 Å². The van der Waals surface area contributed by atoms with E-state index in [-0.39, 0.29) is 24.0 Å². The summed E-state index contributed by atoms with van der Waals surface area (Å²) in [7, 11) is 0. The molecule has 2 unspecified atom stereocenters. The van der Waals surface area contributed by atoms with Crippen LogP contribution in [0, 0.1) is 5.82 Å². The largest absolute Gasteiger partial charge is 0.444 e. The van der Waals surface area contributed by atoms with E-state index in [4.69, 9.17) is 4.74 Å². The number of anilines is 1. The van der Waals surface area contributed by atoms with Gasteiger partial charge in [-0.15, -0.1) is 0 Å². The molecule has 0 bridgehead atoms. The van der Waals surface area contributed by atoms with E-state index in [0.717, 1.165) is 25.7 Å². The molecule has 0 radical (unpaired) electrons. The van der Waals surface area contributed by atoms with Gasteiger partial charge in [0.25, 0.3) is 0 Å². The number of amides is 1. The van der Waals surface area contributed by atoms with Gasteiger partial charge < -0.3 is 15.4 Å². The molecule has 0 saturated heterocycles. The van der Waals surface area contributed by atoms with Gasteiger partial charge in [-0.3, -0.25) is 0 Å². The lowest BCUT2D eigenvalue weighted by Gasteiger charge is -2.31. The second kappa shape index (κ2) is 6.99. The van der Waals surface area contributed by atoms with Crippen LogP contribution in [-0.4, -0.2) is 23.8 Å². The Kier molecular flexibility index (Phi) is 5.27. The second-order valence-corrected chi connectivity index (χ2v) is 6.83. The van der Waals surface area contributed by atoms with Crippen molar-refractivity contribution in [3.8, 4) is 0 Å². The average molecular weight is 308 g/mol. The van der Waals surface area contributed by atoms with Gasteiger partial charge in [0.2, 0.25) is 0 Å². The molecule has 0 spiro atoms. The summed E-state index contributed by atoms with van der Waals surface area (Å²) in [5.74, 6) is -0.246. The van der Waals surface area contributed by atoms with Crippen molar-refractivity contribution in [1.82, 2.24) is 5.32 Å². The molecule has 122 valence electrons. The van der Waals surface area contributed by atoms with Crippen molar-refractivity contribution in [2.45, 2.75) is 64.1 Å². The van der Waals surface area contributed by atoms with Crippen LogP contribution in [0.1, 0.15) is 46.5 Å². The topological polar surface area (TPSA) is 50.4 Å². The van der Waals surface area contributed by atoms with E-state index in [2.05, 4.69) is 10.6 Å². The first kappa shape index (κ1) is 16.6. The maximum atomic E-state index is 13.7. The fourth-order valence-corrected chi connectivity index (χ4v) is 2.72. The van der Waals surface area contributed by atoms with Gasteiger partial charge in [0.1, 0.15) is 11.4 Å². The molecule has 4 nitrogen and oxygen atoms in total. The van der Waals surface area contributed by atoms with E-state index in [1.54, 1.807) is 12.1 Å². The summed E-state index contributed by atoms with van der Waals surface area (Å²) in [6, 6.07) is 6.89. The van der Waals surface area contributed by atoms with E-state index in [1.807, 2.05) is 26.8 Å². The first-order valence-electron chi connectivity index (χ1n) is 7.84. The number of rotatable bonds is 3. The smallest absolute Gasteiger partial charge is 0.407 e. The first-order valence-corrected chi connectivity index (χ1v) is 7.84. The minimum atomic E-state index is -0.496. The fraction of sp³-hybridized carbons (Fsp3) is 0.588. The molecule has 1 aromatic carbocycles. The normalized spacial score (nSPS) is 22.0. The summed E-state index contributed by atoms with van der Waals surface area (Å²) < 4.78 is 19.0. The van der Waals surface area contributed by atoms with Crippen molar-refractivity contribution in [1.29, 1.82) is 0 Å². The predicted molar refractivity (Wildman–Crippen MR) is 85.4 cm³/mol. The van der Waals surface area contributed by atoms with Gasteiger partial charge in [0.15, 0.2) is 0 Å². The van der Waals surface area contributed by atoms with Crippen LogP contribution in [0.5, 0.6) is 0 Å². The number of hydrogen-bond acceptors (Lipinski definition) is 3. The zero-order valence-corrected chi connectivity index (χ0v) is 13.5. The van der Waals surface area contributed by atoms with Crippen molar-refractivity contribution in [3.05, 3.63) is 30.1 Å². The SMILES string of the molecule is CC(C)(C)OC(=O)NC1CCCC(Nc2ccccc2F)C1. The standard InChI is InChI=1S/C17H25FN2O2/c1-17(2,3)22-16(21)20-13-8-6-7-12(11-13)19-15-10-5-4-9-14(15)18/h4-5,9-10,12-13,19H,6-8,11H2,1-3H3,(H,20,21). The number of carbonyl (C=O) groups is 1. The number of para-hydroxylation sites is 1. The summed E-state index contributed by atoms with van der Waals surface area (Å²) in [4.78, 5) is 11.8. The average Bonchev–Trinajstić information content (AvgIpc) is 2.39. The molecule has 2 N–H and O–H groups in total. The number of carbonyl (C=O) groups excluding carboxylic acids is 1. The van der Waals surface area contributed by atoms with E-state index >= 15 is 0 Å². The van der Waals surface area contributed by atoms with E-state index < -0.39 is 5.60 Å². The number of hydrogen-bond donors (Lipinski definition) is 2. The van der Waals surface area contributed by atoms with Crippen LogP contribution < -0.4 is 10.6 Å². The quantitative estimate of drug-likeness (QED) is 0.885. The van der Waals surface area contributed by atoms with Crippen LogP contribution in [0.15, 0.2) is 24.3 Å². The van der Waals surface area contributed by atoms with Gasteiger partial charge in [0.05, 0.1) is 5.69 Å². The summed E-state index contributed by atoms with van der Waals surface area (Å²) >= 11 is 0. The van der Waals surface area contributed by atoms with Crippen molar-refractivity contribution >= 4 is 11.8 Å². The molecule has 0 heterocycles. The highest BCUT2D eigenvalue weighted by atomic mass is 19.1. The summed E-state index contributed by atoms with van der Waals surface area (Å²) in [6.07, 6.45) is 3.28. The van der Waals surface area contributed by atoms with Crippen molar-refractivity contribution in [2.24, 2.45) is 0 Å². The van der Waals surface area contributed by atoms with Gasteiger partial charge in [-0.05, 0) is 58.6 Å². The number of alkyl carbamates (subject to hydrolysis) is 1. The lowest BCUT2D eigenvalue weighted by Crippen LogP contribution is -2.43. The third-order valence-electron chi connectivity index (χ3n) is 3.63. The van der Waals surface area contributed by atoms with Crippen LogP contribution in [0.25, 0.3) is 0 Å². The Labute approximate surface area is 131 Å². The zero-order chi connectivity index (χ0) is 16.2. The van der Waals surface area contributed by atoms with E-state index in [1.165, 1.54) is 6.07 Å². The maximum absolute atomic E-state index is 13.7. The molecule has 2 atom stereocenters. The Morgan fingerprint density at radius 2 is 1.91 bits per heavy atom. The molecule has 5 heteroatoms. The Balaban J connectivity index is 1.87. The Bertz CT molecular complexity index is 514. The number of halogens is 1. The van der Waals surface area contributed by atoms with Crippen molar-refractivity contribution in [3.63, 3.8) is 0 Å². The van der Waals surface area contributed by atoms with Crippen LogP contribution >= 0.6 is 0 Å². The van der Waals surface area contributed by atoms with Gasteiger partial charge in [0, 0.05) is 12.1 Å². The van der Waals surface area contributed by atoms with Gasteiger partial charge in [-0.25, -0.2) is 9.18 Å². The summed E-state index contributed by atoms with van der Waals surface area (Å²) in [6.45, 7) is 5.53. The number of benzene rings is 1. The zero-order valence-electron chi connectivity index (χ0n) is 13.5. The molecule has 1 aliphatic rings.